The molecule has 1 aromatic rings. The molecule has 0 unspecified atom stereocenters. The highest BCUT2D eigenvalue weighted by molar-refractivity contribution is 8.06. The van der Waals surface area contributed by atoms with Crippen LogP contribution in [0.5, 0.6) is 0 Å². The first kappa shape index (κ1) is 15.1. The van der Waals surface area contributed by atoms with E-state index in [-0.39, 0.29) is 6.54 Å². The van der Waals surface area contributed by atoms with Gasteiger partial charge in [-0.25, -0.2) is 21.6 Å². The summed E-state index contributed by atoms with van der Waals surface area (Å²) in [5.41, 5.74) is 7.07. The van der Waals surface area contributed by atoms with Crippen LogP contribution in [0.15, 0.2) is 24.3 Å². The predicted octanol–water partition coefficient (Wildman–Crippen LogP) is -0.433. The molecule has 0 saturated heterocycles. The Morgan fingerprint density at radius 1 is 1.11 bits per heavy atom. The third-order valence-corrected chi connectivity index (χ3v) is 5.73. The van der Waals surface area contributed by atoms with Crippen molar-refractivity contribution in [2.75, 3.05) is 11.3 Å². The number of hydrogen-bond acceptors (Lipinski definition) is 5. The molecule has 0 aromatic heterocycles. The lowest BCUT2D eigenvalue weighted by Gasteiger charge is -2.09. The zero-order chi connectivity index (χ0) is 13.8. The van der Waals surface area contributed by atoms with Crippen molar-refractivity contribution < 1.29 is 16.8 Å². The molecule has 0 amide bonds. The maximum atomic E-state index is 11.5. The molecule has 0 spiro atoms. The van der Waals surface area contributed by atoms with Gasteiger partial charge in [-0.3, -0.25) is 0 Å². The van der Waals surface area contributed by atoms with Gasteiger partial charge in [-0.05, 0) is 11.1 Å². The molecule has 0 bridgehead atoms. The number of hydrogen-bond donors (Lipinski definition) is 2. The first-order valence-electron chi connectivity index (χ1n) is 5.15. The maximum absolute atomic E-state index is 11.5. The number of nitrogens with one attached hydrogen (secondary N) is 1. The predicted molar refractivity (Wildman–Crippen MR) is 69.8 cm³/mol. The van der Waals surface area contributed by atoms with Gasteiger partial charge in [0, 0.05) is 19.3 Å². The van der Waals surface area contributed by atoms with Crippen LogP contribution in [0.3, 0.4) is 0 Å². The van der Waals surface area contributed by atoms with E-state index in [9.17, 15) is 16.8 Å². The minimum Gasteiger partial charge on any atom is -0.326 e. The van der Waals surface area contributed by atoms with Crippen LogP contribution in [0.25, 0.3) is 0 Å². The van der Waals surface area contributed by atoms with Crippen molar-refractivity contribution in [3.05, 3.63) is 35.4 Å². The van der Waals surface area contributed by atoms with Gasteiger partial charge in [0.15, 0.2) is 14.9 Å². The second-order valence-electron chi connectivity index (χ2n) is 3.95. The molecular formula is C10H16N2O4S2. The number of rotatable bonds is 6. The second kappa shape index (κ2) is 5.79. The van der Waals surface area contributed by atoms with Crippen molar-refractivity contribution in [3.8, 4) is 0 Å². The van der Waals surface area contributed by atoms with Crippen molar-refractivity contribution in [1.29, 1.82) is 0 Å². The van der Waals surface area contributed by atoms with Crippen molar-refractivity contribution in [2.24, 2.45) is 5.73 Å². The van der Waals surface area contributed by atoms with Gasteiger partial charge in [0.05, 0.1) is 0 Å². The first-order chi connectivity index (χ1) is 8.23. The highest BCUT2D eigenvalue weighted by Gasteiger charge is 2.17. The van der Waals surface area contributed by atoms with E-state index in [0.29, 0.717) is 6.54 Å². The summed E-state index contributed by atoms with van der Waals surface area (Å²) < 4.78 is 47.1. The van der Waals surface area contributed by atoms with Gasteiger partial charge in [-0.15, -0.1) is 0 Å². The van der Waals surface area contributed by atoms with E-state index in [1.165, 1.54) is 0 Å². The molecule has 0 aliphatic rings. The first-order valence-corrected chi connectivity index (χ1v) is 8.87. The van der Waals surface area contributed by atoms with E-state index in [2.05, 4.69) is 4.72 Å². The van der Waals surface area contributed by atoms with Gasteiger partial charge < -0.3 is 5.73 Å². The van der Waals surface area contributed by atoms with Crippen LogP contribution < -0.4 is 10.5 Å². The molecule has 102 valence electrons. The molecule has 0 aliphatic carbocycles. The molecule has 3 N–H and O–H groups in total. The molecule has 0 saturated carbocycles. The zero-order valence-corrected chi connectivity index (χ0v) is 11.6. The minimum atomic E-state index is -3.84. The number of nitrogens with two attached hydrogens (primary N) is 1. The molecule has 0 fully saturated rings. The summed E-state index contributed by atoms with van der Waals surface area (Å²) in [6.45, 7) is 0.329. The highest BCUT2D eigenvalue weighted by Crippen LogP contribution is 2.08. The average Bonchev–Trinajstić information content (AvgIpc) is 2.23. The van der Waals surface area contributed by atoms with Gasteiger partial charge >= 0.3 is 0 Å². The van der Waals surface area contributed by atoms with Crippen LogP contribution in [0, 0.1) is 0 Å². The highest BCUT2D eigenvalue weighted by atomic mass is 32.3. The molecule has 1 rings (SSSR count). The number of sulfonamides is 1. The summed E-state index contributed by atoms with van der Waals surface area (Å²) in [6.07, 6.45) is 0.875. The van der Waals surface area contributed by atoms with E-state index in [4.69, 9.17) is 5.73 Å². The molecule has 0 aliphatic heterocycles. The fourth-order valence-electron chi connectivity index (χ4n) is 1.44. The maximum Gasteiger partial charge on any atom is 0.226 e. The van der Waals surface area contributed by atoms with E-state index >= 15 is 0 Å². The summed E-state index contributed by atoms with van der Waals surface area (Å²) in [4.78, 5) is 0. The lowest BCUT2D eigenvalue weighted by molar-refractivity contribution is 0.580. The standard InChI is InChI=1S/C10H16N2O4S2/c1-17(13,14)8-18(15,16)12-7-10-5-3-2-4-9(10)6-11/h2-5,12H,6-8,11H2,1H3. The van der Waals surface area contributed by atoms with Crippen LogP contribution in [0.1, 0.15) is 11.1 Å². The topological polar surface area (TPSA) is 106 Å². The van der Waals surface area contributed by atoms with Gasteiger partial charge in [0.25, 0.3) is 0 Å². The quantitative estimate of drug-likeness (QED) is 0.739. The van der Waals surface area contributed by atoms with Crippen molar-refractivity contribution in [3.63, 3.8) is 0 Å². The molecule has 8 heteroatoms. The second-order valence-corrected chi connectivity index (χ2v) is 8.26. The summed E-state index contributed by atoms with van der Waals surface area (Å²) in [5, 5.41) is -0.912. The molecule has 0 heterocycles. The molecule has 1 aromatic carbocycles. The summed E-state index contributed by atoms with van der Waals surface area (Å²) >= 11 is 0. The lowest BCUT2D eigenvalue weighted by atomic mass is 10.1. The monoisotopic (exact) mass is 292 g/mol. The minimum absolute atomic E-state index is 0.0330. The molecule has 6 nitrogen and oxygen atoms in total. The van der Waals surface area contributed by atoms with Crippen molar-refractivity contribution >= 4 is 19.9 Å². The Balaban J connectivity index is 2.76. The Kier molecular flexibility index (Phi) is 4.85. The summed E-state index contributed by atoms with van der Waals surface area (Å²) in [5.74, 6) is 0. The average molecular weight is 292 g/mol. The summed E-state index contributed by atoms with van der Waals surface area (Å²) in [7, 11) is -7.42. The van der Waals surface area contributed by atoms with Crippen molar-refractivity contribution in [1.82, 2.24) is 4.72 Å². The largest absolute Gasteiger partial charge is 0.326 e. The van der Waals surface area contributed by atoms with Crippen LogP contribution in [-0.4, -0.2) is 28.2 Å². The third kappa shape index (κ3) is 5.13. The Morgan fingerprint density at radius 2 is 1.67 bits per heavy atom. The van der Waals surface area contributed by atoms with Crippen LogP contribution in [-0.2, 0) is 33.0 Å². The lowest BCUT2D eigenvalue weighted by Crippen LogP contribution is -2.29. The fraction of sp³-hybridized carbons (Fsp3) is 0.400. The Hall–Kier alpha value is -0.960. The molecule has 0 atom stereocenters. The third-order valence-electron chi connectivity index (χ3n) is 2.19. The Labute approximate surface area is 107 Å². The Morgan fingerprint density at radius 3 is 2.17 bits per heavy atom. The van der Waals surface area contributed by atoms with E-state index in [1.54, 1.807) is 24.3 Å². The van der Waals surface area contributed by atoms with E-state index in [0.717, 1.165) is 17.4 Å². The zero-order valence-electron chi connectivity index (χ0n) is 9.96. The van der Waals surface area contributed by atoms with Gasteiger partial charge in [0.1, 0.15) is 0 Å². The molecular weight excluding hydrogens is 276 g/mol. The smallest absolute Gasteiger partial charge is 0.226 e. The number of benzene rings is 1. The van der Waals surface area contributed by atoms with Gasteiger partial charge in [-0.2, -0.15) is 0 Å². The Bertz CT molecular complexity index is 609. The van der Waals surface area contributed by atoms with Crippen LogP contribution in [0.4, 0.5) is 0 Å². The fourth-order valence-corrected chi connectivity index (χ4v) is 4.40. The van der Waals surface area contributed by atoms with Gasteiger partial charge in [0.2, 0.25) is 10.0 Å². The SMILES string of the molecule is CS(=O)(=O)CS(=O)(=O)NCc1ccccc1CN. The van der Waals surface area contributed by atoms with E-state index in [1.807, 2.05) is 0 Å². The molecule has 18 heavy (non-hydrogen) atoms. The summed E-state index contributed by atoms with van der Waals surface area (Å²) in [6, 6.07) is 7.10. The normalized spacial score (nSPS) is 12.6. The number of sulfone groups is 1. The molecule has 0 radical (unpaired) electrons. The van der Waals surface area contributed by atoms with Gasteiger partial charge in [-0.1, -0.05) is 24.3 Å². The van der Waals surface area contributed by atoms with E-state index < -0.39 is 24.9 Å². The van der Waals surface area contributed by atoms with Crippen LogP contribution in [0.2, 0.25) is 0 Å². The van der Waals surface area contributed by atoms with Crippen LogP contribution >= 0.6 is 0 Å². The van der Waals surface area contributed by atoms with Crippen molar-refractivity contribution in [2.45, 2.75) is 13.1 Å².